The second-order valence-corrected chi connectivity index (χ2v) is 11.1. The van der Waals surface area contributed by atoms with E-state index in [2.05, 4.69) is 112 Å². The van der Waals surface area contributed by atoms with Gasteiger partial charge in [-0.3, -0.25) is 4.98 Å². The van der Waals surface area contributed by atoms with Crippen LogP contribution in [0.25, 0.3) is 65.9 Å². The zero-order valence-corrected chi connectivity index (χ0v) is 22.1. The lowest BCUT2D eigenvalue weighted by atomic mass is 9.88. The highest BCUT2D eigenvalue weighted by atomic mass is 16.3. The minimum Gasteiger partial charge on any atom is -0.455 e. The van der Waals surface area contributed by atoms with E-state index >= 15 is 0 Å². The molecule has 0 atom stereocenters. The van der Waals surface area contributed by atoms with Gasteiger partial charge in [0.25, 0.3) is 0 Å². The van der Waals surface area contributed by atoms with E-state index in [-0.39, 0.29) is 5.41 Å². The molecule has 0 aliphatic heterocycles. The molecule has 3 nitrogen and oxygen atoms in total. The van der Waals surface area contributed by atoms with Crippen molar-refractivity contribution in [2.45, 2.75) is 26.2 Å². The monoisotopic (exact) mass is 502 g/mol. The summed E-state index contributed by atoms with van der Waals surface area (Å²) in [6.45, 7) is 6.57. The summed E-state index contributed by atoms with van der Waals surface area (Å²) in [5.74, 6) is 0. The van der Waals surface area contributed by atoms with Gasteiger partial charge >= 0.3 is 0 Å². The molecule has 0 aliphatic rings. The topological polar surface area (TPSA) is 49.8 Å². The molecule has 0 amide bonds. The fraction of sp³-hybridized carbons (Fsp3) is 0.111. The molecular weight excluding hydrogens is 476 g/mol. The van der Waals surface area contributed by atoms with Crippen LogP contribution in [-0.4, -0.2) is 4.98 Å². The number of fused-ring (bicyclic) bond motifs is 6. The first-order valence-electron chi connectivity index (χ1n) is 13.2. The van der Waals surface area contributed by atoms with Crippen LogP contribution in [0.15, 0.2) is 108 Å². The van der Waals surface area contributed by atoms with E-state index in [9.17, 15) is 5.26 Å². The smallest absolute Gasteiger partial charge is 0.144 e. The highest BCUT2D eigenvalue weighted by Gasteiger charge is 2.21. The number of hydrogen-bond donors (Lipinski definition) is 0. The molecule has 3 heteroatoms. The van der Waals surface area contributed by atoms with Crippen molar-refractivity contribution in [1.29, 1.82) is 5.26 Å². The van der Waals surface area contributed by atoms with Gasteiger partial charge in [0.2, 0.25) is 0 Å². The Morgan fingerprint density at radius 1 is 0.667 bits per heavy atom. The van der Waals surface area contributed by atoms with Crippen molar-refractivity contribution in [1.82, 2.24) is 4.98 Å². The van der Waals surface area contributed by atoms with Crippen LogP contribution in [0.2, 0.25) is 0 Å². The Labute approximate surface area is 227 Å². The Balaban J connectivity index is 1.55. The molecular formula is C36H26N2O. The largest absolute Gasteiger partial charge is 0.455 e. The maximum absolute atomic E-state index is 10.2. The van der Waals surface area contributed by atoms with E-state index in [0.717, 1.165) is 60.5 Å². The van der Waals surface area contributed by atoms with Crippen molar-refractivity contribution in [3.63, 3.8) is 0 Å². The lowest BCUT2D eigenvalue weighted by Crippen LogP contribution is -2.11. The summed E-state index contributed by atoms with van der Waals surface area (Å²) in [7, 11) is 0. The van der Waals surface area contributed by atoms with Crippen molar-refractivity contribution >= 4 is 43.5 Å². The summed E-state index contributed by atoms with van der Waals surface area (Å²) in [6, 6.07) is 35.8. The first-order valence-corrected chi connectivity index (χ1v) is 13.2. The van der Waals surface area contributed by atoms with Gasteiger partial charge < -0.3 is 4.42 Å². The number of nitrogens with zero attached hydrogens (tertiary/aromatic N) is 2. The zero-order chi connectivity index (χ0) is 26.7. The summed E-state index contributed by atoms with van der Waals surface area (Å²) in [5.41, 5.74) is 6.96. The number of furan rings is 1. The van der Waals surface area contributed by atoms with Crippen LogP contribution in [0.1, 0.15) is 31.9 Å². The van der Waals surface area contributed by atoms with Gasteiger partial charge in [0, 0.05) is 28.1 Å². The van der Waals surface area contributed by atoms with Crippen molar-refractivity contribution in [3.05, 3.63) is 114 Å². The third kappa shape index (κ3) is 3.60. The third-order valence-electron chi connectivity index (χ3n) is 7.73. The normalized spacial score (nSPS) is 11.9. The quantitative estimate of drug-likeness (QED) is 0.221. The van der Waals surface area contributed by atoms with E-state index < -0.39 is 0 Å². The second-order valence-electron chi connectivity index (χ2n) is 11.1. The number of pyridine rings is 1. The third-order valence-corrected chi connectivity index (χ3v) is 7.73. The fourth-order valence-corrected chi connectivity index (χ4v) is 5.68. The van der Waals surface area contributed by atoms with Gasteiger partial charge in [-0.05, 0) is 68.4 Å². The van der Waals surface area contributed by atoms with Gasteiger partial charge in [-0.15, -0.1) is 0 Å². The highest BCUT2D eigenvalue weighted by Crippen LogP contribution is 2.44. The molecule has 0 N–H and O–H groups in total. The standard InChI is InChI=1S/C36H26N2O/c1-36(2,3)24-16-18-32(38-21-24)30-14-8-13-28-29-17-15-23(20-37)33(35(29)39-34(28)30)31-19-22-9-4-5-10-25(22)26-11-6-7-12-27(26)31/h4-19,21H,1-3H3. The highest BCUT2D eigenvalue weighted by molar-refractivity contribution is 6.19. The summed E-state index contributed by atoms with van der Waals surface area (Å²) in [4.78, 5) is 4.81. The molecule has 0 radical (unpaired) electrons. The average Bonchev–Trinajstić information content (AvgIpc) is 3.35. The molecule has 186 valence electrons. The van der Waals surface area contributed by atoms with E-state index in [1.165, 1.54) is 10.9 Å². The van der Waals surface area contributed by atoms with Crippen molar-refractivity contribution in [2.24, 2.45) is 0 Å². The molecule has 2 aromatic heterocycles. The first-order chi connectivity index (χ1) is 18.9. The number of nitriles is 1. The maximum Gasteiger partial charge on any atom is 0.144 e. The molecule has 7 aromatic rings. The van der Waals surface area contributed by atoms with Crippen molar-refractivity contribution in [2.75, 3.05) is 0 Å². The van der Waals surface area contributed by atoms with Gasteiger partial charge in [-0.2, -0.15) is 5.26 Å². The van der Waals surface area contributed by atoms with Crippen molar-refractivity contribution < 1.29 is 4.42 Å². The average molecular weight is 503 g/mol. The number of para-hydroxylation sites is 1. The van der Waals surface area contributed by atoms with E-state index in [1.54, 1.807) is 0 Å². The molecule has 0 bridgehead atoms. The Kier molecular flexibility index (Phi) is 5.08. The molecule has 0 unspecified atom stereocenters. The lowest BCUT2D eigenvalue weighted by molar-refractivity contribution is 0.587. The molecule has 0 saturated heterocycles. The summed E-state index contributed by atoms with van der Waals surface area (Å²) in [5, 5.41) is 16.8. The minimum atomic E-state index is 0.0299. The Hall–Kier alpha value is -4.94. The van der Waals surface area contributed by atoms with Crippen LogP contribution in [0.3, 0.4) is 0 Å². The number of rotatable bonds is 2. The van der Waals surface area contributed by atoms with Gasteiger partial charge in [0.15, 0.2) is 0 Å². The van der Waals surface area contributed by atoms with Crippen LogP contribution in [0.4, 0.5) is 0 Å². The fourth-order valence-electron chi connectivity index (χ4n) is 5.68. The Morgan fingerprint density at radius 2 is 1.38 bits per heavy atom. The van der Waals surface area contributed by atoms with Gasteiger partial charge in [-0.25, -0.2) is 0 Å². The SMILES string of the molecule is CC(C)(C)c1ccc(-c2cccc3c2oc2c(-c4cc5ccccc5c5ccccc45)c(C#N)ccc23)nc1. The van der Waals surface area contributed by atoms with Crippen LogP contribution in [0.5, 0.6) is 0 Å². The predicted octanol–water partition coefficient (Wildman–Crippen LogP) is 9.79. The lowest BCUT2D eigenvalue weighted by Gasteiger charge is -2.18. The van der Waals surface area contributed by atoms with Crippen LogP contribution in [-0.2, 0) is 5.41 Å². The molecule has 0 fully saturated rings. The van der Waals surface area contributed by atoms with E-state index in [1.807, 2.05) is 18.3 Å². The Bertz CT molecular complexity index is 2100. The molecule has 7 rings (SSSR count). The number of aromatic nitrogens is 1. The van der Waals surface area contributed by atoms with Gasteiger partial charge in [0.05, 0.1) is 17.3 Å². The minimum absolute atomic E-state index is 0.0299. The first kappa shape index (κ1) is 23.2. The Morgan fingerprint density at radius 3 is 2.13 bits per heavy atom. The van der Waals surface area contributed by atoms with E-state index in [0.29, 0.717) is 5.56 Å². The molecule has 2 heterocycles. The number of hydrogen-bond acceptors (Lipinski definition) is 3. The molecule has 0 saturated carbocycles. The molecule has 0 aliphatic carbocycles. The molecule has 0 spiro atoms. The molecule has 39 heavy (non-hydrogen) atoms. The molecule has 5 aromatic carbocycles. The van der Waals surface area contributed by atoms with Gasteiger partial charge in [0.1, 0.15) is 11.2 Å². The maximum atomic E-state index is 10.2. The zero-order valence-electron chi connectivity index (χ0n) is 22.1. The second kappa shape index (κ2) is 8.55. The van der Waals surface area contributed by atoms with E-state index in [4.69, 9.17) is 9.40 Å². The van der Waals surface area contributed by atoms with Crippen molar-refractivity contribution in [3.8, 4) is 28.5 Å². The van der Waals surface area contributed by atoms with Gasteiger partial charge in [-0.1, -0.05) is 87.5 Å². The summed E-state index contributed by atoms with van der Waals surface area (Å²) >= 11 is 0. The summed E-state index contributed by atoms with van der Waals surface area (Å²) < 4.78 is 6.73. The predicted molar refractivity (Wildman–Crippen MR) is 161 cm³/mol. The number of benzene rings is 5. The van der Waals surface area contributed by atoms with Crippen LogP contribution in [0, 0.1) is 11.3 Å². The summed E-state index contributed by atoms with van der Waals surface area (Å²) in [6.07, 6.45) is 1.96. The van der Waals surface area contributed by atoms with Crippen LogP contribution >= 0.6 is 0 Å². The van der Waals surface area contributed by atoms with Crippen LogP contribution < -0.4 is 0 Å².